The molecule has 6 heteroatoms. The van der Waals surface area contributed by atoms with Crippen molar-refractivity contribution in [2.24, 2.45) is 0 Å². The lowest BCUT2D eigenvalue weighted by Gasteiger charge is -2.12. The van der Waals surface area contributed by atoms with E-state index in [1.54, 1.807) is 12.3 Å². The van der Waals surface area contributed by atoms with E-state index in [9.17, 15) is 4.39 Å². The number of aromatic nitrogens is 3. The van der Waals surface area contributed by atoms with Gasteiger partial charge >= 0.3 is 0 Å². The molecule has 0 spiro atoms. The molecule has 0 saturated carbocycles. The molecule has 2 aromatic heterocycles. The van der Waals surface area contributed by atoms with Gasteiger partial charge in [0.2, 0.25) is 0 Å². The predicted molar refractivity (Wildman–Crippen MR) is 101 cm³/mol. The number of benzene rings is 2. The largest absolute Gasteiger partial charge is 0.353 e. The Labute approximate surface area is 154 Å². The minimum atomic E-state index is -0.400. The smallest absolute Gasteiger partial charge is 0.132 e. The molecule has 127 valence electrons. The number of pyridine rings is 1. The zero-order valence-electron chi connectivity index (χ0n) is 13.8. The van der Waals surface area contributed by atoms with Crippen molar-refractivity contribution in [3.05, 3.63) is 77.3 Å². The Bertz CT molecular complexity index is 1110. The lowest BCUT2D eigenvalue weighted by atomic mass is 10.1. The van der Waals surface area contributed by atoms with Gasteiger partial charge in [-0.25, -0.2) is 4.39 Å². The van der Waals surface area contributed by atoms with Crippen LogP contribution in [0, 0.1) is 18.8 Å². The molecule has 0 aliphatic carbocycles. The van der Waals surface area contributed by atoms with Gasteiger partial charge in [-0.15, -0.1) is 0 Å². The van der Waals surface area contributed by atoms with E-state index in [0.29, 0.717) is 22.0 Å². The van der Waals surface area contributed by atoms with Crippen LogP contribution in [-0.4, -0.2) is 15.2 Å². The van der Waals surface area contributed by atoms with E-state index in [1.165, 1.54) is 18.2 Å². The van der Waals surface area contributed by atoms with Crippen LogP contribution >= 0.6 is 11.6 Å². The number of hydrogen-bond donors (Lipinski definition) is 1. The van der Waals surface area contributed by atoms with E-state index < -0.39 is 5.82 Å². The first-order valence-corrected chi connectivity index (χ1v) is 8.31. The SMILES string of the molecule is Cc1nnc(-c2cc(Cl)ccc2F)cc1Nc1ccnc2c[c]ccc12. The maximum atomic E-state index is 14.2. The first-order valence-electron chi connectivity index (χ1n) is 7.93. The first-order chi connectivity index (χ1) is 12.6. The van der Waals surface area contributed by atoms with Gasteiger partial charge in [-0.2, -0.15) is 10.2 Å². The van der Waals surface area contributed by atoms with Crippen molar-refractivity contribution in [1.82, 2.24) is 15.2 Å². The van der Waals surface area contributed by atoms with Crippen LogP contribution in [0.3, 0.4) is 0 Å². The second-order valence-electron chi connectivity index (χ2n) is 5.78. The number of anilines is 2. The Morgan fingerprint density at radius 3 is 2.85 bits per heavy atom. The molecule has 0 amide bonds. The maximum Gasteiger partial charge on any atom is 0.132 e. The van der Waals surface area contributed by atoms with Crippen molar-refractivity contribution in [2.75, 3.05) is 5.32 Å². The molecule has 2 heterocycles. The van der Waals surface area contributed by atoms with Crippen molar-refractivity contribution in [3.8, 4) is 11.3 Å². The number of rotatable bonds is 3. The topological polar surface area (TPSA) is 50.7 Å². The van der Waals surface area contributed by atoms with Crippen LogP contribution in [0.5, 0.6) is 0 Å². The highest BCUT2D eigenvalue weighted by atomic mass is 35.5. The van der Waals surface area contributed by atoms with Crippen LogP contribution in [0.15, 0.2) is 54.7 Å². The van der Waals surface area contributed by atoms with Crippen LogP contribution in [-0.2, 0) is 0 Å². The second-order valence-corrected chi connectivity index (χ2v) is 6.22. The summed E-state index contributed by atoms with van der Waals surface area (Å²) in [6.07, 6.45) is 1.72. The summed E-state index contributed by atoms with van der Waals surface area (Å²) in [5.41, 5.74) is 3.85. The van der Waals surface area contributed by atoms with Crippen molar-refractivity contribution in [3.63, 3.8) is 0 Å². The summed E-state index contributed by atoms with van der Waals surface area (Å²) in [6.45, 7) is 1.84. The van der Waals surface area contributed by atoms with Crippen LogP contribution < -0.4 is 5.32 Å². The summed E-state index contributed by atoms with van der Waals surface area (Å²) >= 11 is 5.99. The van der Waals surface area contributed by atoms with Gasteiger partial charge in [-0.1, -0.05) is 23.7 Å². The molecule has 0 bridgehead atoms. The highest BCUT2D eigenvalue weighted by molar-refractivity contribution is 6.30. The van der Waals surface area contributed by atoms with Gasteiger partial charge in [-0.05, 0) is 49.4 Å². The summed E-state index contributed by atoms with van der Waals surface area (Å²) in [5, 5.41) is 13.0. The van der Waals surface area contributed by atoms with Gasteiger partial charge in [0.15, 0.2) is 0 Å². The van der Waals surface area contributed by atoms with Crippen molar-refractivity contribution in [1.29, 1.82) is 0 Å². The van der Waals surface area contributed by atoms with Crippen molar-refractivity contribution >= 4 is 33.9 Å². The van der Waals surface area contributed by atoms with Crippen LogP contribution in [0.1, 0.15) is 5.69 Å². The Kier molecular flexibility index (Phi) is 4.22. The highest BCUT2D eigenvalue weighted by Crippen LogP contribution is 2.30. The zero-order valence-corrected chi connectivity index (χ0v) is 14.5. The molecule has 1 N–H and O–H groups in total. The van der Waals surface area contributed by atoms with E-state index in [0.717, 1.165) is 22.3 Å². The van der Waals surface area contributed by atoms with E-state index in [-0.39, 0.29) is 0 Å². The standard InChI is InChI=1S/C20H13ClFN4/c1-12-19(24-18-8-9-23-17-5-3-2-4-14(17)18)11-20(26-25-12)15-10-13(21)6-7-16(15)22/h2,4-11H,1H3,(H,23,24,26). The number of hydrogen-bond acceptors (Lipinski definition) is 4. The Morgan fingerprint density at radius 2 is 1.96 bits per heavy atom. The Balaban J connectivity index is 1.78. The van der Waals surface area contributed by atoms with Gasteiger partial charge in [0.1, 0.15) is 5.82 Å². The van der Waals surface area contributed by atoms with E-state index in [1.807, 2.05) is 31.2 Å². The molecule has 0 saturated heterocycles. The van der Waals surface area contributed by atoms with E-state index in [4.69, 9.17) is 11.6 Å². The summed E-state index contributed by atoms with van der Waals surface area (Å²) in [6, 6.07) is 16.6. The van der Waals surface area contributed by atoms with E-state index in [2.05, 4.69) is 26.6 Å². The summed E-state index contributed by atoms with van der Waals surface area (Å²) in [4.78, 5) is 4.33. The fourth-order valence-corrected chi connectivity index (χ4v) is 2.87. The lowest BCUT2D eigenvalue weighted by molar-refractivity contribution is 0.630. The minimum Gasteiger partial charge on any atom is -0.353 e. The third-order valence-corrected chi connectivity index (χ3v) is 4.27. The Morgan fingerprint density at radius 1 is 1.08 bits per heavy atom. The van der Waals surface area contributed by atoms with Gasteiger partial charge in [0.25, 0.3) is 0 Å². The van der Waals surface area contributed by atoms with Crippen molar-refractivity contribution < 1.29 is 4.39 Å². The van der Waals surface area contributed by atoms with Crippen LogP contribution in [0.25, 0.3) is 22.2 Å². The molecule has 4 aromatic rings. The van der Waals surface area contributed by atoms with Crippen molar-refractivity contribution in [2.45, 2.75) is 6.92 Å². The number of nitrogens with zero attached hydrogens (tertiary/aromatic N) is 3. The third kappa shape index (κ3) is 3.09. The van der Waals surface area contributed by atoms with Gasteiger partial charge < -0.3 is 5.32 Å². The molecule has 2 aromatic carbocycles. The molecule has 0 aliphatic rings. The molecular formula is C20H13ClFN4. The average molecular weight is 364 g/mol. The van der Waals surface area contributed by atoms with Gasteiger partial charge in [-0.3, -0.25) is 4.98 Å². The van der Waals surface area contributed by atoms with Gasteiger partial charge in [0.05, 0.1) is 22.6 Å². The highest BCUT2D eigenvalue weighted by Gasteiger charge is 2.12. The summed E-state index contributed by atoms with van der Waals surface area (Å²) < 4.78 is 14.2. The number of fused-ring (bicyclic) bond motifs is 1. The predicted octanol–water partition coefficient (Wildman–Crippen LogP) is 5.34. The average Bonchev–Trinajstić information content (AvgIpc) is 2.66. The van der Waals surface area contributed by atoms with Crippen LogP contribution in [0.2, 0.25) is 5.02 Å². The Hall–Kier alpha value is -3.05. The number of aryl methyl sites for hydroxylation is 1. The normalized spacial score (nSPS) is 10.9. The number of nitrogens with one attached hydrogen (secondary N) is 1. The van der Waals surface area contributed by atoms with E-state index >= 15 is 0 Å². The summed E-state index contributed by atoms with van der Waals surface area (Å²) in [7, 11) is 0. The molecule has 0 aliphatic heterocycles. The quantitative estimate of drug-likeness (QED) is 0.534. The first kappa shape index (κ1) is 16.4. The molecule has 1 radical (unpaired) electrons. The number of halogens is 2. The molecule has 26 heavy (non-hydrogen) atoms. The molecule has 0 atom stereocenters. The third-order valence-electron chi connectivity index (χ3n) is 4.04. The summed E-state index contributed by atoms with van der Waals surface area (Å²) in [5.74, 6) is -0.400. The fraction of sp³-hybridized carbons (Fsp3) is 0.0500. The molecule has 4 nitrogen and oxygen atoms in total. The zero-order chi connectivity index (χ0) is 18.1. The monoisotopic (exact) mass is 363 g/mol. The second kappa shape index (κ2) is 6.69. The lowest BCUT2D eigenvalue weighted by Crippen LogP contribution is -2.00. The minimum absolute atomic E-state index is 0.308. The molecular weight excluding hydrogens is 351 g/mol. The fourth-order valence-electron chi connectivity index (χ4n) is 2.70. The molecule has 4 rings (SSSR count). The molecule has 0 unspecified atom stereocenters. The van der Waals surface area contributed by atoms with Gasteiger partial charge in [0, 0.05) is 27.9 Å². The maximum absolute atomic E-state index is 14.2. The molecule has 0 fully saturated rings. The van der Waals surface area contributed by atoms with Crippen LogP contribution in [0.4, 0.5) is 15.8 Å².